The highest BCUT2D eigenvalue weighted by Gasteiger charge is 2.23. The summed E-state index contributed by atoms with van der Waals surface area (Å²) >= 11 is 0. The Hall–Kier alpha value is -3.55. The van der Waals surface area contributed by atoms with E-state index in [1.54, 1.807) is 26.4 Å². The average Bonchev–Trinajstić information content (AvgIpc) is 3.29. The highest BCUT2D eigenvalue weighted by Crippen LogP contribution is 2.40. The second-order valence-electron chi connectivity index (χ2n) is 7.98. The number of hydrogen-bond acceptors (Lipinski definition) is 5. The highest BCUT2D eigenvalue weighted by molar-refractivity contribution is 5.84. The molecule has 0 bridgehead atoms. The van der Waals surface area contributed by atoms with Gasteiger partial charge in [0.1, 0.15) is 12.7 Å². The first-order valence-corrected chi connectivity index (χ1v) is 11.1. The summed E-state index contributed by atoms with van der Waals surface area (Å²) in [5.74, 6) is 0.918. The lowest BCUT2D eigenvalue weighted by molar-refractivity contribution is 0.104. The van der Waals surface area contributed by atoms with Crippen LogP contribution in [0.1, 0.15) is 17.0 Å². The quantitative estimate of drug-likeness (QED) is 0.305. The number of aliphatic hydroxyl groups excluding tert-OH is 1. The van der Waals surface area contributed by atoms with Gasteiger partial charge in [0.05, 0.1) is 14.2 Å². The van der Waals surface area contributed by atoms with Crippen molar-refractivity contribution < 1.29 is 23.7 Å². The number of benzene rings is 3. The van der Waals surface area contributed by atoms with Gasteiger partial charge in [0, 0.05) is 41.7 Å². The van der Waals surface area contributed by atoms with Gasteiger partial charge in [-0.25, -0.2) is 4.39 Å². The molecule has 178 valence electrons. The first kappa shape index (κ1) is 23.6. The van der Waals surface area contributed by atoms with E-state index in [0.717, 1.165) is 22.0 Å². The van der Waals surface area contributed by atoms with Gasteiger partial charge in [-0.15, -0.1) is 0 Å². The Morgan fingerprint density at radius 2 is 1.65 bits per heavy atom. The number of fused-ring (bicyclic) bond motifs is 1. The SMILES string of the molecule is COc1cccc([C@H](CNC[C@@H](O)COc2ccccc2F)c2c[nH]c3ccccc23)c1OC. The molecule has 7 heteroatoms. The molecule has 0 unspecified atom stereocenters. The lowest BCUT2D eigenvalue weighted by Gasteiger charge is -2.23. The molecule has 0 spiro atoms. The number of aromatic nitrogens is 1. The molecule has 1 aromatic heterocycles. The largest absolute Gasteiger partial charge is 0.493 e. The fourth-order valence-corrected chi connectivity index (χ4v) is 4.16. The predicted octanol–water partition coefficient (Wildman–Crippen LogP) is 4.49. The average molecular weight is 465 g/mol. The Labute approximate surface area is 198 Å². The summed E-state index contributed by atoms with van der Waals surface area (Å²) in [5.41, 5.74) is 3.12. The second kappa shape index (κ2) is 11.0. The van der Waals surface area contributed by atoms with Crippen LogP contribution in [0.3, 0.4) is 0 Å². The van der Waals surface area contributed by atoms with Crippen LogP contribution < -0.4 is 19.5 Å². The lowest BCUT2D eigenvalue weighted by atomic mass is 9.89. The zero-order valence-electron chi connectivity index (χ0n) is 19.3. The van der Waals surface area contributed by atoms with Gasteiger partial charge in [0.25, 0.3) is 0 Å². The van der Waals surface area contributed by atoms with E-state index in [2.05, 4.69) is 16.4 Å². The van der Waals surface area contributed by atoms with Crippen molar-refractivity contribution >= 4 is 10.9 Å². The Bertz CT molecular complexity index is 1230. The molecular weight excluding hydrogens is 435 g/mol. The van der Waals surface area contributed by atoms with Gasteiger partial charge in [-0.3, -0.25) is 0 Å². The van der Waals surface area contributed by atoms with E-state index < -0.39 is 11.9 Å². The number of ether oxygens (including phenoxy) is 3. The molecule has 0 amide bonds. The molecule has 0 aliphatic rings. The number of methoxy groups -OCH3 is 2. The Morgan fingerprint density at radius 3 is 2.44 bits per heavy atom. The Balaban J connectivity index is 1.52. The van der Waals surface area contributed by atoms with Gasteiger partial charge < -0.3 is 29.6 Å². The third-order valence-electron chi connectivity index (χ3n) is 5.80. The van der Waals surface area contributed by atoms with Crippen LogP contribution in [0.25, 0.3) is 10.9 Å². The number of aliphatic hydroxyl groups is 1. The van der Waals surface area contributed by atoms with Crippen LogP contribution in [-0.4, -0.2) is 50.1 Å². The van der Waals surface area contributed by atoms with Crippen LogP contribution in [-0.2, 0) is 0 Å². The zero-order chi connectivity index (χ0) is 23.9. The van der Waals surface area contributed by atoms with Gasteiger partial charge in [-0.1, -0.05) is 42.5 Å². The third kappa shape index (κ3) is 5.16. The van der Waals surface area contributed by atoms with Crippen molar-refractivity contribution in [3.8, 4) is 17.2 Å². The van der Waals surface area contributed by atoms with Crippen LogP contribution in [0.15, 0.2) is 72.9 Å². The molecule has 3 N–H and O–H groups in total. The maximum atomic E-state index is 13.8. The summed E-state index contributed by atoms with van der Waals surface area (Å²) < 4.78 is 30.4. The van der Waals surface area contributed by atoms with Crippen LogP contribution >= 0.6 is 0 Å². The van der Waals surface area contributed by atoms with E-state index in [0.29, 0.717) is 18.0 Å². The monoisotopic (exact) mass is 464 g/mol. The van der Waals surface area contributed by atoms with Crippen molar-refractivity contribution in [2.24, 2.45) is 0 Å². The summed E-state index contributed by atoms with van der Waals surface area (Å²) in [6.07, 6.45) is 1.20. The minimum atomic E-state index is -0.810. The molecule has 3 aromatic carbocycles. The number of H-pyrrole nitrogens is 1. The van der Waals surface area contributed by atoms with Crippen molar-refractivity contribution in [1.82, 2.24) is 10.3 Å². The van der Waals surface area contributed by atoms with Crippen LogP contribution in [0.5, 0.6) is 17.2 Å². The standard InChI is InChI=1S/C27H29FN2O4/c1-32-26-13-7-9-20(27(26)33-2)21(22-16-30-24-11-5-3-8-19(22)24)15-29-14-18(31)17-34-25-12-6-4-10-23(25)28/h3-13,16,18,21,29-31H,14-15,17H2,1-2H3/t18-,21+/m1/s1. The minimum absolute atomic E-state index is 0.0197. The molecule has 0 saturated heterocycles. The summed E-state index contributed by atoms with van der Waals surface area (Å²) in [6, 6.07) is 20.1. The molecule has 0 aliphatic heterocycles. The molecular formula is C27H29FN2O4. The van der Waals surface area contributed by atoms with E-state index in [1.165, 1.54) is 12.1 Å². The van der Waals surface area contributed by atoms with E-state index >= 15 is 0 Å². The van der Waals surface area contributed by atoms with Crippen molar-refractivity contribution in [2.45, 2.75) is 12.0 Å². The zero-order valence-corrected chi connectivity index (χ0v) is 19.3. The fourth-order valence-electron chi connectivity index (χ4n) is 4.16. The lowest BCUT2D eigenvalue weighted by Crippen LogP contribution is -2.34. The second-order valence-corrected chi connectivity index (χ2v) is 7.98. The van der Waals surface area contributed by atoms with Gasteiger partial charge in [-0.05, 0) is 29.8 Å². The first-order valence-electron chi connectivity index (χ1n) is 11.1. The number of para-hydroxylation sites is 3. The van der Waals surface area contributed by atoms with Crippen LogP contribution in [0.4, 0.5) is 4.39 Å². The van der Waals surface area contributed by atoms with E-state index in [9.17, 15) is 9.50 Å². The van der Waals surface area contributed by atoms with Crippen molar-refractivity contribution in [3.63, 3.8) is 0 Å². The Kier molecular flexibility index (Phi) is 7.67. The van der Waals surface area contributed by atoms with E-state index in [4.69, 9.17) is 14.2 Å². The predicted molar refractivity (Wildman–Crippen MR) is 130 cm³/mol. The van der Waals surface area contributed by atoms with Crippen molar-refractivity contribution in [1.29, 1.82) is 0 Å². The molecule has 34 heavy (non-hydrogen) atoms. The first-order chi connectivity index (χ1) is 16.6. The van der Waals surface area contributed by atoms with E-state index in [1.807, 2.05) is 42.6 Å². The third-order valence-corrected chi connectivity index (χ3v) is 5.80. The Morgan fingerprint density at radius 1 is 0.882 bits per heavy atom. The minimum Gasteiger partial charge on any atom is -0.493 e. The normalized spacial score (nSPS) is 12.9. The maximum Gasteiger partial charge on any atom is 0.165 e. The summed E-state index contributed by atoms with van der Waals surface area (Å²) in [4.78, 5) is 3.34. The van der Waals surface area contributed by atoms with Gasteiger partial charge in [-0.2, -0.15) is 0 Å². The number of hydrogen-bond donors (Lipinski definition) is 3. The molecule has 4 rings (SSSR count). The molecule has 6 nitrogen and oxygen atoms in total. The number of nitrogens with one attached hydrogen (secondary N) is 2. The van der Waals surface area contributed by atoms with Crippen molar-refractivity contribution in [2.75, 3.05) is 33.9 Å². The van der Waals surface area contributed by atoms with Crippen LogP contribution in [0, 0.1) is 5.82 Å². The van der Waals surface area contributed by atoms with Crippen LogP contribution in [0.2, 0.25) is 0 Å². The molecule has 0 aliphatic carbocycles. The number of aromatic amines is 1. The van der Waals surface area contributed by atoms with Gasteiger partial charge >= 0.3 is 0 Å². The highest BCUT2D eigenvalue weighted by atomic mass is 19.1. The number of rotatable bonds is 11. The molecule has 2 atom stereocenters. The molecule has 0 saturated carbocycles. The number of halogens is 1. The topological polar surface area (TPSA) is 75.7 Å². The molecule has 4 aromatic rings. The maximum absolute atomic E-state index is 13.8. The smallest absolute Gasteiger partial charge is 0.165 e. The summed E-state index contributed by atoms with van der Waals surface area (Å²) in [7, 11) is 3.25. The van der Waals surface area contributed by atoms with Gasteiger partial charge in [0.2, 0.25) is 0 Å². The summed E-state index contributed by atoms with van der Waals surface area (Å²) in [5, 5.41) is 14.9. The van der Waals surface area contributed by atoms with Crippen molar-refractivity contribution in [3.05, 3.63) is 89.9 Å². The summed E-state index contributed by atoms with van der Waals surface area (Å²) in [6.45, 7) is 0.788. The fraction of sp³-hybridized carbons (Fsp3) is 0.259. The van der Waals surface area contributed by atoms with Gasteiger partial charge in [0.15, 0.2) is 23.1 Å². The molecule has 1 heterocycles. The molecule has 0 fully saturated rings. The van der Waals surface area contributed by atoms with E-state index in [-0.39, 0.29) is 24.8 Å². The molecule has 0 radical (unpaired) electrons.